The van der Waals surface area contributed by atoms with Gasteiger partial charge in [-0.05, 0) is 56.9 Å². The number of benzene rings is 1. The van der Waals surface area contributed by atoms with Gasteiger partial charge in [0, 0.05) is 12.1 Å². The van der Waals surface area contributed by atoms with Gasteiger partial charge >= 0.3 is 5.97 Å². The molecule has 0 saturated heterocycles. The van der Waals surface area contributed by atoms with Crippen LogP contribution in [0.3, 0.4) is 0 Å². The Hall–Kier alpha value is -1.59. The Morgan fingerprint density at radius 3 is 2.20 bits per heavy atom. The maximum Gasteiger partial charge on any atom is 0.303 e. The molecule has 5 heteroatoms. The molecule has 1 aromatic rings. The number of nitrogens with zero attached hydrogens (tertiary/aromatic N) is 1. The first kappa shape index (κ1) is 14.8. The summed E-state index contributed by atoms with van der Waals surface area (Å²) in [5.41, 5.74) is 7.98. The van der Waals surface area contributed by atoms with Gasteiger partial charge in [-0.15, -0.1) is 10.3 Å². The highest BCUT2D eigenvalue weighted by Gasteiger charge is 2.50. The molecule has 1 radical (unpaired) electrons. The van der Waals surface area contributed by atoms with Gasteiger partial charge in [0.2, 0.25) is 0 Å². The fourth-order valence-electron chi connectivity index (χ4n) is 3.05. The van der Waals surface area contributed by atoms with Crippen molar-refractivity contribution in [2.45, 2.75) is 51.6 Å². The molecule has 1 aliphatic heterocycles. The van der Waals surface area contributed by atoms with Gasteiger partial charge in [-0.1, -0.05) is 6.07 Å². The third-order valence-corrected chi connectivity index (χ3v) is 4.22. The molecular formula is C15H21N2O3. The van der Waals surface area contributed by atoms with E-state index in [0.29, 0.717) is 12.1 Å². The van der Waals surface area contributed by atoms with Gasteiger partial charge in [-0.3, -0.25) is 4.79 Å². The topological polar surface area (TPSA) is 86.5 Å². The highest BCUT2D eigenvalue weighted by atomic mass is 16.5. The van der Waals surface area contributed by atoms with Crippen molar-refractivity contribution in [2.24, 2.45) is 0 Å². The van der Waals surface area contributed by atoms with Gasteiger partial charge < -0.3 is 10.8 Å². The van der Waals surface area contributed by atoms with E-state index in [1.807, 2.05) is 39.8 Å². The summed E-state index contributed by atoms with van der Waals surface area (Å²) in [6.45, 7) is 7.52. The molecule has 0 spiro atoms. The number of hydrogen-bond acceptors (Lipinski definition) is 3. The number of carboxylic acid groups (broad SMARTS) is 1. The molecule has 1 aliphatic rings. The molecule has 0 aliphatic carbocycles. The molecular weight excluding hydrogens is 256 g/mol. The monoisotopic (exact) mass is 277 g/mol. The molecule has 3 N–H and O–H groups in total. The third kappa shape index (κ3) is 2.07. The first-order chi connectivity index (χ1) is 9.08. The molecule has 0 atom stereocenters. The number of carbonyl (C=O) groups is 1. The fourth-order valence-corrected chi connectivity index (χ4v) is 3.05. The lowest BCUT2D eigenvalue weighted by Gasteiger charge is -2.32. The Morgan fingerprint density at radius 2 is 1.70 bits per heavy atom. The molecule has 1 heterocycles. The van der Waals surface area contributed by atoms with E-state index in [9.17, 15) is 10.0 Å². The van der Waals surface area contributed by atoms with Crippen LogP contribution in [-0.2, 0) is 27.5 Å². The van der Waals surface area contributed by atoms with E-state index >= 15 is 0 Å². The van der Waals surface area contributed by atoms with Gasteiger partial charge in [0.25, 0.3) is 0 Å². The Bertz CT molecular complexity index is 564. The van der Waals surface area contributed by atoms with E-state index < -0.39 is 17.0 Å². The van der Waals surface area contributed by atoms with Crippen molar-refractivity contribution in [3.63, 3.8) is 0 Å². The molecule has 0 aromatic heterocycles. The SMILES string of the molecule is CC1(C)c2cc(N)c(CCC(=O)O)cc2C(C)(C)N1[O]. The van der Waals surface area contributed by atoms with Crippen LogP contribution in [0.2, 0.25) is 0 Å². The van der Waals surface area contributed by atoms with Crippen LogP contribution in [0.25, 0.3) is 0 Å². The zero-order valence-corrected chi connectivity index (χ0v) is 12.4. The lowest BCUT2D eigenvalue weighted by atomic mass is 9.87. The maximum atomic E-state index is 12.5. The number of hydrogen-bond donors (Lipinski definition) is 2. The molecule has 0 fully saturated rings. The normalized spacial score (nSPS) is 19.9. The summed E-state index contributed by atoms with van der Waals surface area (Å²) in [4.78, 5) is 10.7. The summed E-state index contributed by atoms with van der Waals surface area (Å²) in [6, 6.07) is 3.72. The third-order valence-electron chi connectivity index (χ3n) is 4.22. The number of rotatable bonds is 3. The number of aliphatic carboxylic acids is 1. The predicted molar refractivity (Wildman–Crippen MR) is 75.4 cm³/mol. The smallest absolute Gasteiger partial charge is 0.303 e. The van der Waals surface area contributed by atoms with E-state index in [1.165, 1.54) is 0 Å². The van der Waals surface area contributed by atoms with Crippen LogP contribution in [0.15, 0.2) is 12.1 Å². The molecule has 5 nitrogen and oxygen atoms in total. The number of aryl methyl sites for hydroxylation is 1. The van der Waals surface area contributed by atoms with Crippen molar-refractivity contribution in [3.8, 4) is 0 Å². The summed E-state index contributed by atoms with van der Waals surface area (Å²) in [5.74, 6) is -0.852. The minimum Gasteiger partial charge on any atom is -0.481 e. The van der Waals surface area contributed by atoms with E-state index in [1.54, 1.807) is 0 Å². The van der Waals surface area contributed by atoms with Gasteiger partial charge in [0.15, 0.2) is 0 Å². The van der Waals surface area contributed by atoms with Crippen molar-refractivity contribution < 1.29 is 15.1 Å². The van der Waals surface area contributed by atoms with Crippen molar-refractivity contribution in [1.82, 2.24) is 5.06 Å². The van der Waals surface area contributed by atoms with Gasteiger partial charge in [-0.2, -0.15) is 0 Å². The fraction of sp³-hybridized carbons (Fsp3) is 0.533. The largest absolute Gasteiger partial charge is 0.481 e. The molecule has 0 amide bonds. The van der Waals surface area contributed by atoms with Crippen LogP contribution in [-0.4, -0.2) is 16.1 Å². The van der Waals surface area contributed by atoms with Crippen molar-refractivity contribution in [1.29, 1.82) is 0 Å². The van der Waals surface area contributed by atoms with E-state index in [0.717, 1.165) is 21.8 Å². The molecule has 20 heavy (non-hydrogen) atoms. The van der Waals surface area contributed by atoms with Crippen molar-refractivity contribution in [2.75, 3.05) is 5.73 Å². The number of hydroxylamine groups is 2. The minimum atomic E-state index is -0.852. The molecule has 1 aromatic carbocycles. The van der Waals surface area contributed by atoms with E-state index in [4.69, 9.17) is 10.8 Å². The average Bonchev–Trinajstić information content (AvgIpc) is 2.46. The molecule has 2 rings (SSSR count). The summed E-state index contributed by atoms with van der Waals surface area (Å²) >= 11 is 0. The summed E-state index contributed by atoms with van der Waals surface area (Å²) in [6.07, 6.45) is 0.414. The van der Waals surface area contributed by atoms with Gasteiger partial charge in [0.1, 0.15) is 0 Å². The van der Waals surface area contributed by atoms with Gasteiger partial charge in [0.05, 0.1) is 11.1 Å². The maximum absolute atomic E-state index is 12.5. The number of nitrogens with two attached hydrogens (primary N) is 1. The quantitative estimate of drug-likeness (QED) is 0.831. The van der Waals surface area contributed by atoms with Crippen LogP contribution in [0.1, 0.15) is 50.8 Å². The zero-order valence-electron chi connectivity index (χ0n) is 12.4. The second-order valence-electron chi connectivity index (χ2n) is 6.40. The summed E-state index contributed by atoms with van der Waals surface area (Å²) < 4.78 is 0. The first-order valence-electron chi connectivity index (χ1n) is 6.71. The number of fused-ring (bicyclic) bond motifs is 1. The van der Waals surface area contributed by atoms with Crippen LogP contribution in [0.4, 0.5) is 5.69 Å². The second-order valence-corrected chi connectivity index (χ2v) is 6.40. The molecule has 0 saturated carbocycles. The molecule has 0 unspecified atom stereocenters. The van der Waals surface area contributed by atoms with Crippen LogP contribution in [0.5, 0.6) is 0 Å². The van der Waals surface area contributed by atoms with Crippen LogP contribution >= 0.6 is 0 Å². The van der Waals surface area contributed by atoms with E-state index in [2.05, 4.69) is 0 Å². The first-order valence-corrected chi connectivity index (χ1v) is 6.71. The molecule has 109 valence electrons. The van der Waals surface area contributed by atoms with Crippen LogP contribution in [0, 0.1) is 0 Å². The van der Waals surface area contributed by atoms with Crippen molar-refractivity contribution in [3.05, 3.63) is 28.8 Å². The Morgan fingerprint density at radius 1 is 1.20 bits per heavy atom. The van der Waals surface area contributed by atoms with Crippen molar-refractivity contribution >= 4 is 11.7 Å². The number of nitrogen functional groups attached to an aromatic ring is 1. The van der Waals surface area contributed by atoms with Gasteiger partial charge in [-0.25, -0.2) is 0 Å². The second kappa shape index (κ2) is 4.46. The highest BCUT2D eigenvalue weighted by molar-refractivity contribution is 5.68. The minimum absolute atomic E-state index is 0.0356. The highest BCUT2D eigenvalue weighted by Crippen LogP contribution is 2.49. The Kier molecular flexibility index (Phi) is 3.31. The predicted octanol–water partition coefficient (Wildman–Crippen LogP) is 2.42. The number of carboxylic acids is 1. The Balaban J connectivity index is 2.51. The average molecular weight is 277 g/mol. The zero-order chi connectivity index (χ0) is 15.3. The molecule has 0 bridgehead atoms. The lowest BCUT2D eigenvalue weighted by molar-refractivity contribution is -0.266. The summed E-state index contributed by atoms with van der Waals surface area (Å²) in [7, 11) is 0. The van der Waals surface area contributed by atoms with E-state index in [-0.39, 0.29) is 6.42 Å². The lowest BCUT2D eigenvalue weighted by Crippen LogP contribution is -2.41. The summed E-state index contributed by atoms with van der Waals surface area (Å²) in [5, 5.41) is 22.4. The standard InChI is InChI=1S/C15H21N2O3/c1-14(2)10-7-9(5-6-13(18)19)12(16)8-11(10)15(3,4)17(14)20/h7-8H,5-6,16H2,1-4H3,(H,18,19). The number of anilines is 1. The Labute approximate surface area is 119 Å². The van der Waals surface area contributed by atoms with Crippen LogP contribution < -0.4 is 5.73 Å².